The molecule has 0 spiro atoms. The van der Waals surface area contributed by atoms with Gasteiger partial charge in [-0.05, 0) is 38.1 Å². The summed E-state index contributed by atoms with van der Waals surface area (Å²) in [4.78, 5) is 29.0. The van der Waals surface area contributed by atoms with Gasteiger partial charge in [-0.1, -0.05) is 46.6 Å². The first-order valence-corrected chi connectivity index (χ1v) is 9.46. The molecule has 7 heteroatoms. The van der Waals surface area contributed by atoms with Gasteiger partial charge in [0.15, 0.2) is 0 Å². The zero-order valence-electron chi connectivity index (χ0n) is 16.6. The van der Waals surface area contributed by atoms with Gasteiger partial charge in [0.2, 0.25) is 11.7 Å². The van der Waals surface area contributed by atoms with E-state index in [4.69, 9.17) is 4.52 Å². The molecule has 0 fully saturated rings. The summed E-state index contributed by atoms with van der Waals surface area (Å²) in [6.07, 6.45) is 1.55. The average molecular weight is 400 g/mol. The highest BCUT2D eigenvalue weighted by atomic mass is 16.5. The number of pyridine rings is 1. The summed E-state index contributed by atoms with van der Waals surface area (Å²) in [5.74, 6) is 0.437. The lowest BCUT2D eigenvalue weighted by atomic mass is 10.1. The van der Waals surface area contributed by atoms with E-state index in [9.17, 15) is 9.59 Å². The van der Waals surface area contributed by atoms with Gasteiger partial charge < -0.3 is 14.4 Å². The fourth-order valence-electron chi connectivity index (χ4n) is 3.02. The van der Waals surface area contributed by atoms with Crippen molar-refractivity contribution in [3.8, 4) is 22.8 Å². The number of hydrogen-bond acceptors (Lipinski definition) is 5. The van der Waals surface area contributed by atoms with Crippen LogP contribution in [0.5, 0.6) is 0 Å². The Morgan fingerprint density at radius 2 is 1.80 bits per heavy atom. The van der Waals surface area contributed by atoms with Crippen LogP contribution in [0.2, 0.25) is 0 Å². The average Bonchev–Trinajstić information content (AvgIpc) is 3.22. The van der Waals surface area contributed by atoms with Crippen molar-refractivity contribution in [2.45, 2.75) is 20.4 Å². The summed E-state index contributed by atoms with van der Waals surface area (Å²) in [5.41, 5.74) is 3.97. The second kappa shape index (κ2) is 8.16. The fraction of sp³-hybridized carbons (Fsp3) is 0.130. The van der Waals surface area contributed by atoms with Crippen LogP contribution in [0, 0.1) is 13.8 Å². The van der Waals surface area contributed by atoms with Crippen LogP contribution in [0.3, 0.4) is 0 Å². The molecular formula is C23H20N4O3. The highest BCUT2D eigenvalue weighted by Gasteiger charge is 2.13. The minimum Gasteiger partial charge on any atom is -0.334 e. The molecule has 4 aromatic rings. The second-order valence-electron chi connectivity index (χ2n) is 7.09. The summed E-state index contributed by atoms with van der Waals surface area (Å²) < 4.78 is 6.69. The van der Waals surface area contributed by atoms with E-state index >= 15 is 0 Å². The predicted molar refractivity (Wildman–Crippen MR) is 114 cm³/mol. The number of nitrogens with one attached hydrogen (secondary N) is 1. The molecule has 2 aromatic heterocycles. The normalized spacial score (nSPS) is 10.7. The molecular weight excluding hydrogens is 380 g/mol. The van der Waals surface area contributed by atoms with Crippen molar-refractivity contribution in [2.24, 2.45) is 0 Å². The van der Waals surface area contributed by atoms with Crippen molar-refractivity contribution >= 4 is 11.6 Å². The van der Waals surface area contributed by atoms with Crippen molar-refractivity contribution in [2.75, 3.05) is 5.32 Å². The molecule has 4 rings (SSSR count). The van der Waals surface area contributed by atoms with Gasteiger partial charge in [-0.15, -0.1) is 0 Å². The number of carbonyl (C=O) groups is 1. The minimum absolute atomic E-state index is 0.126. The molecule has 0 aliphatic heterocycles. The molecule has 0 radical (unpaired) electrons. The van der Waals surface area contributed by atoms with Crippen LogP contribution in [-0.4, -0.2) is 20.6 Å². The third kappa shape index (κ3) is 4.35. The monoisotopic (exact) mass is 400 g/mol. The van der Waals surface area contributed by atoms with Gasteiger partial charge in [-0.3, -0.25) is 9.59 Å². The van der Waals surface area contributed by atoms with Crippen molar-refractivity contribution in [3.05, 3.63) is 88.3 Å². The van der Waals surface area contributed by atoms with Crippen LogP contribution in [0.1, 0.15) is 11.1 Å². The molecule has 0 bridgehead atoms. The van der Waals surface area contributed by atoms with Gasteiger partial charge in [0.05, 0.1) is 5.56 Å². The first kappa shape index (κ1) is 19.3. The molecule has 7 nitrogen and oxygen atoms in total. The Morgan fingerprint density at radius 1 is 1.00 bits per heavy atom. The number of nitrogens with zero attached hydrogens (tertiary/aromatic N) is 3. The van der Waals surface area contributed by atoms with Crippen molar-refractivity contribution in [3.63, 3.8) is 0 Å². The Hall–Kier alpha value is -4.00. The zero-order chi connectivity index (χ0) is 21.1. The molecule has 0 aliphatic carbocycles. The van der Waals surface area contributed by atoms with Crippen molar-refractivity contribution in [1.29, 1.82) is 0 Å². The highest BCUT2D eigenvalue weighted by Crippen LogP contribution is 2.22. The van der Waals surface area contributed by atoms with E-state index in [1.165, 1.54) is 10.6 Å². The predicted octanol–water partition coefficient (Wildman–Crippen LogP) is 3.82. The molecule has 30 heavy (non-hydrogen) atoms. The zero-order valence-corrected chi connectivity index (χ0v) is 16.6. The summed E-state index contributed by atoms with van der Waals surface area (Å²) >= 11 is 0. The van der Waals surface area contributed by atoms with Crippen LogP contribution in [-0.2, 0) is 11.3 Å². The van der Waals surface area contributed by atoms with Crippen LogP contribution >= 0.6 is 0 Å². The topological polar surface area (TPSA) is 90.0 Å². The first-order chi connectivity index (χ1) is 14.5. The van der Waals surface area contributed by atoms with Gasteiger partial charge in [0.25, 0.3) is 11.4 Å². The Kier molecular flexibility index (Phi) is 5.26. The lowest BCUT2D eigenvalue weighted by molar-refractivity contribution is -0.116. The van der Waals surface area contributed by atoms with Gasteiger partial charge in [0, 0.05) is 23.5 Å². The van der Waals surface area contributed by atoms with E-state index in [2.05, 4.69) is 15.5 Å². The molecule has 2 heterocycles. The second-order valence-corrected chi connectivity index (χ2v) is 7.09. The standard InChI is InChI=1S/C23H20N4O3/c1-15-6-9-19(10-7-15)24-20(28)14-27-13-18(8-11-21(27)29)23-25-22(26-30-23)17-5-3-4-16(2)12-17/h3-13H,14H2,1-2H3,(H,24,28). The molecule has 0 saturated heterocycles. The van der Waals surface area contributed by atoms with Gasteiger partial charge in [-0.25, -0.2) is 0 Å². The summed E-state index contributed by atoms with van der Waals surface area (Å²) in [6, 6.07) is 18.2. The maximum Gasteiger partial charge on any atom is 0.259 e. The molecule has 0 unspecified atom stereocenters. The molecule has 1 N–H and O–H groups in total. The van der Waals surface area contributed by atoms with Crippen LogP contribution < -0.4 is 10.9 Å². The van der Waals surface area contributed by atoms with Crippen LogP contribution in [0.4, 0.5) is 5.69 Å². The number of rotatable bonds is 5. The molecule has 150 valence electrons. The third-order valence-electron chi connectivity index (χ3n) is 4.58. The number of amides is 1. The Morgan fingerprint density at radius 3 is 2.57 bits per heavy atom. The Bertz CT molecular complexity index is 1260. The SMILES string of the molecule is Cc1ccc(NC(=O)Cn2cc(-c3nc(-c4cccc(C)c4)no3)ccc2=O)cc1. The number of carbonyl (C=O) groups excluding carboxylic acids is 1. The summed E-state index contributed by atoms with van der Waals surface area (Å²) in [5, 5.41) is 6.81. The van der Waals surface area contributed by atoms with Crippen molar-refractivity contribution < 1.29 is 9.32 Å². The first-order valence-electron chi connectivity index (χ1n) is 9.46. The quantitative estimate of drug-likeness (QED) is 0.550. The number of anilines is 1. The molecule has 0 atom stereocenters. The van der Waals surface area contributed by atoms with E-state index in [0.717, 1.165) is 16.7 Å². The minimum atomic E-state index is -0.302. The molecule has 0 aliphatic rings. The van der Waals surface area contributed by atoms with E-state index in [1.54, 1.807) is 12.3 Å². The van der Waals surface area contributed by atoms with E-state index in [0.29, 0.717) is 17.1 Å². The Balaban J connectivity index is 1.54. The number of hydrogen-bond donors (Lipinski definition) is 1. The Labute approximate surface area is 173 Å². The highest BCUT2D eigenvalue weighted by molar-refractivity contribution is 5.90. The number of aromatic nitrogens is 3. The van der Waals surface area contributed by atoms with Crippen LogP contribution in [0.15, 0.2) is 76.2 Å². The van der Waals surface area contributed by atoms with Gasteiger partial charge in [0.1, 0.15) is 6.54 Å². The number of aryl methyl sites for hydroxylation is 2. The molecule has 0 saturated carbocycles. The van der Waals surface area contributed by atoms with E-state index in [1.807, 2.05) is 62.4 Å². The molecule has 1 amide bonds. The van der Waals surface area contributed by atoms with Gasteiger partial charge in [-0.2, -0.15) is 4.98 Å². The largest absolute Gasteiger partial charge is 0.334 e. The maximum atomic E-state index is 12.4. The van der Waals surface area contributed by atoms with Crippen molar-refractivity contribution in [1.82, 2.24) is 14.7 Å². The fourth-order valence-corrected chi connectivity index (χ4v) is 3.02. The molecule has 2 aromatic carbocycles. The third-order valence-corrected chi connectivity index (χ3v) is 4.58. The summed E-state index contributed by atoms with van der Waals surface area (Å²) in [6.45, 7) is 3.83. The lowest BCUT2D eigenvalue weighted by Crippen LogP contribution is -2.26. The van der Waals surface area contributed by atoms with Crippen LogP contribution in [0.25, 0.3) is 22.8 Å². The smallest absolute Gasteiger partial charge is 0.259 e. The summed E-state index contributed by atoms with van der Waals surface area (Å²) in [7, 11) is 0. The van der Waals surface area contributed by atoms with Gasteiger partial charge >= 0.3 is 0 Å². The van der Waals surface area contributed by atoms with E-state index in [-0.39, 0.29) is 23.9 Å². The van der Waals surface area contributed by atoms with E-state index < -0.39 is 0 Å². The maximum absolute atomic E-state index is 12.4. The number of benzene rings is 2. The lowest BCUT2D eigenvalue weighted by Gasteiger charge is -2.08.